The van der Waals surface area contributed by atoms with E-state index in [0.29, 0.717) is 17.3 Å². The molecule has 0 saturated heterocycles. The minimum absolute atomic E-state index is 0.00622. The van der Waals surface area contributed by atoms with Gasteiger partial charge in [0.05, 0.1) is 0 Å². The molecule has 1 N–H and O–H groups in total. The zero-order valence-corrected chi connectivity index (χ0v) is 21.4. The van der Waals surface area contributed by atoms with Crippen LogP contribution in [0.5, 0.6) is 0 Å². The van der Waals surface area contributed by atoms with Gasteiger partial charge in [-0.05, 0) is 92.3 Å². The Balaban J connectivity index is 1.62. The third kappa shape index (κ3) is 3.24. The first-order valence-corrected chi connectivity index (χ1v) is 13.4. The second-order valence-electron chi connectivity index (χ2n) is 13.1. The van der Waals surface area contributed by atoms with Crippen LogP contribution in [-0.2, 0) is 4.79 Å². The fraction of sp³-hybridized carbons (Fsp3) is 0.897. The summed E-state index contributed by atoms with van der Waals surface area (Å²) in [6.45, 7) is 16.5. The lowest BCUT2D eigenvalue weighted by Crippen LogP contribution is -2.51. The second kappa shape index (κ2) is 7.71. The van der Waals surface area contributed by atoms with E-state index in [9.17, 15) is 9.90 Å². The molecule has 0 spiro atoms. The summed E-state index contributed by atoms with van der Waals surface area (Å²) >= 11 is 0. The van der Waals surface area contributed by atoms with Crippen LogP contribution < -0.4 is 0 Å². The molecule has 0 unspecified atom stereocenters. The second-order valence-corrected chi connectivity index (χ2v) is 13.1. The van der Waals surface area contributed by atoms with Crippen LogP contribution in [0.3, 0.4) is 0 Å². The number of carbonyl (C=O) groups is 1. The number of fused-ring (bicyclic) bond motifs is 4. The number of rotatable bonds is 6. The number of Topliss-reactive ketones (excluding diaryl/α,β-unsaturated/α-hetero) is 1. The van der Waals surface area contributed by atoms with Crippen LogP contribution >= 0.6 is 0 Å². The fourth-order valence-corrected chi connectivity index (χ4v) is 9.26. The summed E-state index contributed by atoms with van der Waals surface area (Å²) in [7, 11) is 0. The third-order valence-electron chi connectivity index (χ3n) is 11.4. The van der Waals surface area contributed by atoms with Gasteiger partial charge in [0, 0.05) is 5.92 Å². The van der Waals surface area contributed by atoms with Gasteiger partial charge in [0.25, 0.3) is 0 Å². The van der Waals surface area contributed by atoms with Crippen molar-refractivity contribution in [2.45, 2.75) is 125 Å². The van der Waals surface area contributed by atoms with Crippen LogP contribution in [0.2, 0.25) is 0 Å². The monoisotopic (exact) mass is 428 g/mol. The van der Waals surface area contributed by atoms with E-state index in [-0.39, 0.29) is 17.1 Å². The highest BCUT2D eigenvalue weighted by Gasteiger charge is 2.65. The molecule has 4 rings (SSSR count). The third-order valence-corrected chi connectivity index (χ3v) is 11.4. The number of ketones is 1. The first-order valence-electron chi connectivity index (χ1n) is 13.4. The van der Waals surface area contributed by atoms with Crippen molar-refractivity contribution in [2.24, 2.45) is 39.9 Å². The smallest absolute Gasteiger partial charge is 0.161 e. The van der Waals surface area contributed by atoms with Crippen molar-refractivity contribution in [3.8, 4) is 0 Å². The summed E-state index contributed by atoms with van der Waals surface area (Å²) in [5, 5.41) is 11.3. The van der Waals surface area contributed by atoms with Gasteiger partial charge in [-0.25, -0.2) is 0 Å². The van der Waals surface area contributed by atoms with Crippen LogP contribution in [0, 0.1) is 39.9 Å². The molecule has 176 valence electrons. The van der Waals surface area contributed by atoms with Gasteiger partial charge in [0.1, 0.15) is 5.60 Å². The Bertz CT molecular complexity index is 765. The number of aliphatic hydroxyl groups is 1. The first-order chi connectivity index (χ1) is 14.4. The van der Waals surface area contributed by atoms with E-state index < -0.39 is 5.60 Å². The Morgan fingerprint density at radius 3 is 2.32 bits per heavy atom. The van der Waals surface area contributed by atoms with Crippen LogP contribution in [0.15, 0.2) is 11.1 Å². The molecule has 0 aliphatic heterocycles. The number of carbonyl (C=O) groups excluding carboxylic acids is 1. The molecule has 0 heterocycles. The highest BCUT2D eigenvalue weighted by Crippen LogP contribution is 2.72. The van der Waals surface area contributed by atoms with Gasteiger partial charge in [-0.3, -0.25) is 4.79 Å². The van der Waals surface area contributed by atoms with Crippen LogP contribution in [0.4, 0.5) is 0 Å². The quantitative estimate of drug-likeness (QED) is 0.445. The lowest BCUT2D eigenvalue weighted by atomic mass is 9.48. The van der Waals surface area contributed by atoms with Crippen molar-refractivity contribution in [2.75, 3.05) is 0 Å². The predicted octanol–water partition coefficient (Wildman–Crippen LogP) is 7.49. The predicted molar refractivity (Wildman–Crippen MR) is 129 cm³/mol. The van der Waals surface area contributed by atoms with Crippen molar-refractivity contribution in [1.82, 2.24) is 0 Å². The molecule has 0 aromatic heterocycles. The van der Waals surface area contributed by atoms with Crippen molar-refractivity contribution in [3.63, 3.8) is 0 Å². The average molecular weight is 429 g/mol. The van der Waals surface area contributed by atoms with Gasteiger partial charge in [0.15, 0.2) is 5.78 Å². The van der Waals surface area contributed by atoms with E-state index in [1.54, 1.807) is 18.1 Å². The van der Waals surface area contributed by atoms with Crippen molar-refractivity contribution in [1.29, 1.82) is 0 Å². The average Bonchev–Trinajstić information content (AvgIpc) is 3.13. The number of hydrogen-bond acceptors (Lipinski definition) is 2. The van der Waals surface area contributed by atoms with Crippen LogP contribution in [0.1, 0.15) is 119 Å². The van der Waals surface area contributed by atoms with E-state index >= 15 is 0 Å². The molecule has 4 aliphatic rings. The molecule has 4 aliphatic carbocycles. The summed E-state index contributed by atoms with van der Waals surface area (Å²) in [6, 6.07) is 0. The van der Waals surface area contributed by atoms with Gasteiger partial charge in [-0.2, -0.15) is 0 Å². The van der Waals surface area contributed by atoms with Crippen molar-refractivity contribution < 1.29 is 9.90 Å². The van der Waals surface area contributed by atoms with Gasteiger partial charge >= 0.3 is 0 Å². The molecule has 0 amide bonds. The van der Waals surface area contributed by atoms with Gasteiger partial charge < -0.3 is 5.11 Å². The van der Waals surface area contributed by atoms with Gasteiger partial charge in [-0.15, -0.1) is 0 Å². The van der Waals surface area contributed by atoms with Crippen molar-refractivity contribution in [3.05, 3.63) is 11.1 Å². The van der Waals surface area contributed by atoms with E-state index in [2.05, 4.69) is 41.5 Å². The molecule has 0 aromatic carbocycles. The Labute approximate surface area is 191 Å². The number of allylic oxidation sites excluding steroid dienone is 2. The summed E-state index contributed by atoms with van der Waals surface area (Å²) in [4.78, 5) is 12.4. The standard InChI is InChI=1S/C29H48O2/c1-19(2)9-8-10-20(3)22-13-15-28(7)24-11-12-25-26(5,17-18-29(25,31)21(4)30)23(24)14-16-27(22,28)6/h19-20,22,25,31H,8-18H2,1-7H3/t20-,22-,25-,26-,27-,28+,29+/m1/s1. The highest BCUT2D eigenvalue weighted by molar-refractivity contribution is 5.86. The largest absolute Gasteiger partial charge is 0.382 e. The van der Waals surface area contributed by atoms with Gasteiger partial charge in [0.2, 0.25) is 0 Å². The lowest BCUT2D eigenvalue weighted by molar-refractivity contribution is -0.141. The molecule has 2 fully saturated rings. The molecule has 31 heavy (non-hydrogen) atoms. The number of hydrogen-bond donors (Lipinski definition) is 1. The maximum Gasteiger partial charge on any atom is 0.161 e. The molecular weight excluding hydrogens is 380 g/mol. The van der Waals surface area contributed by atoms with Crippen molar-refractivity contribution >= 4 is 5.78 Å². The normalized spacial score (nSPS) is 45.5. The van der Waals surface area contributed by atoms with E-state index in [1.165, 1.54) is 44.9 Å². The molecule has 7 atom stereocenters. The lowest BCUT2D eigenvalue weighted by Gasteiger charge is -2.57. The molecule has 2 heteroatoms. The minimum Gasteiger partial charge on any atom is -0.382 e. The highest BCUT2D eigenvalue weighted by atomic mass is 16.3. The Hall–Kier alpha value is -0.630. The Morgan fingerprint density at radius 1 is 0.968 bits per heavy atom. The van der Waals surface area contributed by atoms with E-state index in [1.807, 2.05) is 0 Å². The topological polar surface area (TPSA) is 37.3 Å². The van der Waals surface area contributed by atoms with Crippen LogP contribution in [-0.4, -0.2) is 16.5 Å². The van der Waals surface area contributed by atoms with Gasteiger partial charge in [-0.1, -0.05) is 72.0 Å². The summed E-state index contributed by atoms with van der Waals surface area (Å²) < 4.78 is 0. The van der Waals surface area contributed by atoms with E-state index in [4.69, 9.17) is 0 Å². The fourth-order valence-electron chi connectivity index (χ4n) is 9.26. The zero-order chi connectivity index (χ0) is 22.8. The maximum absolute atomic E-state index is 12.4. The minimum atomic E-state index is -1.09. The summed E-state index contributed by atoms with van der Waals surface area (Å²) in [5.74, 6) is 2.58. The first kappa shape index (κ1) is 23.5. The van der Waals surface area contributed by atoms with Crippen LogP contribution in [0.25, 0.3) is 0 Å². The molecular formula is C29H48O2. The SMILES string of the molecule is CC(=O)[C@@]1(O)CC[C@]2(C)C3=C(CC[C@H]21)[C@]1(C)CC[C@H]([C@H](C)CCCC(C)C)[C@@]1(C)CC3. The zero-order valence-electron chi connectivity index (χ0n) is 21.4. The Morgan fingerprint density at radius 2 is 1.68 bits per heavy atom. The maximum atomic E-state index is 12.4. The molecule has 2 nitrogen and oxygen atoms in total. The summed E-state index contributed by atoms with van der Waals surface area (Å²) in [6.07, 6.45) is 13.0. The molecule has 2 saturated carbocycles. The molecule has 0 radical (unpaired) electrons. The van der Waals surface area contributed by atoms with E-state index in [0.717, 1.165) is 37.0 Å². The molecule has 0 aromatic rings. The Kier molecular flexibility index (Phi) is 5.85. The molecule has 0 bridgehead atoms. The summed E-state index contributed by atoms with van der Waals surface area (Å²) in [5.41, 5.74) is 3.07.